The highest BCUT2D eigenvalue weighted by Crippen LogP contribution is 2.19. The van der Waals surface area contributed by atoms with Gasteiger partial charge in [0.25, 0.3) is 0 Å². The molecule has 2 unspecified atom stereocenters. The number of nitrogens with zero attached hydrogens (tertiary/aromatic N) is 1. The van der Waals surface area contributed by atoms with E-state index in [4.69, 9.17) is 9.47 Å². The van der Waals surface area contributed by atoms with Crippen LogP contribution in [-0.2, 0) is 9.47 Å². The molecule has 0 spiro atoms. The zero-order valence-corrected chi connectivity index (χ0v) is 34.9. The maximum atomic E-state index is 9.23. The molecule has 0 aromatic heterocycles. The van der Waals surface area contributed by atoms with E-state index < -0.39 is 0 Å². The second-order valence-electron chi connectivity index (χ2n) is 16.0. The molecule has 0 aliphatic rings. The predicted octanol–water partition coefficient (Wildman–Crippen LogP) is 14.0. The predicted molar refractivity (Wildman–Crippen MR) is 222 cm³/mol. The molecule has 0 aromatic carbocycles. The van der Waals surface area contributed by atoms with Gasteiger partial charge < -0.3 is 19.1 Å². The van der Waals surface area contributed by atoms with Crippen LogP contribution in [0.2, 0.25) is 0 Å². The number of aliphatic hydroxyl groups excluding tert-OH is 1. The summed E-state index contributed by atoms with van der Waals surface area (Å²) >= 11 is 0. The molecule has 0 aliphatic carbocycles. The summed E-state index contributed by atoms with van der Waals surface area (Å²) in [6.07, 6.45) is 50.2. The van der Waals surface area contributed by atoms with E-state index in [1.165, 1.54) is 167 Å². The number of hydrogen-bond acceptors (Lipinski definition) is 3. The molecular formula is C46H92NO3+. The third-order valence-corrected chi connectivity index (χ3v) is 10.5. The Morgan fingerprint density at radius 1 is 0.440 bits per heavy atom. The van der Waals surface area contributed by atoms with E-state index in [1.807, 2.05) is 0 Å². The maximum absolute atomic E-state index is 9.23. The normalized spacial score (nSPS) is 13.6. The minimum Gasteiger partial charge on any atom is -0.396 e. The second kappa shape index (κ2) is 39.5. The highest BCUT2D eigenvalue weighted by atomic mass is 16.6. The van der Waals surface area contributed by atoms with Crippen molar-refractivity contribution in [2.24, 2.45) is 0 Å². The second-order valence-corrected chi connectivity index (χ2v) is 16.0. The van der Waals surface area contributed by atoms with Crippen LogP contribution in [0.1, 0.15) is 220 Å². The quantitative estimate of drug-likeness (QED) is 0.0298. The molecule has 4 heteroatoms. The molecule has 0 bridgehead atoms. The van der Waals surface area contributed by atoms with Crippen molar-refractivity contribution >= 4 is 0 Å². The zero-order valence-electron chi connectivity index (χ0n) is 34.9. The Balaban J connectivity index is 4.11. The summed E-state index contributed by atoms with van der Waals surface area (Å²) in [5.41, 5.74) is 0. The molecule has 0 radical (unpaired) electrons. The molecule has 298 valence electrons. The smallest absolute Gasteiger partial charge is 0.219 e. The largest absolute Gasteiger partial charge is 0.396 e. The molecule has 0 amide bonds. The Bertz CT molecular complexity index is 706. The molecule has 4 nitrogen and oxygen atoms in total. The topological polar surface area (TPSA) is 38.7 Å². The van der Waals surface area contributed by atoms with Crippen molar-refractivity contribution in [1.29, 1.82) is 0 Å². The van der Waals surface area contributed by atoms with Crippen molar-refractivity contribution < 1.29 is 19.1 Å². The number of aliphatic hydroxyl groups is 1. The number of rotatable bonds is 41. The van der Waals surface area contributed by atoms with Crippen molar-refractivity contribution in [3.05, 3.63) is 24.3 Å². The van der Waals surface area contributed by atoms with Gasteiger partial charge in [0.05, 0.1) is 27.2 Å². The first-order valence-electron chi connectivity index (χ1n) is 22.5. The number of unbranched alkanes of at least 4 members (excludes halogenated alkanes) is 26. The molecule has 0 aromatic rings. The fraction of sp³-hybridized carbons (Fsp3) is 0.913. The van der Waals surface area contributed by atoms with E-state index in [0.717, 1.165) is 56.3 Å². The van der Waals surface area contributed by atoms with Crippen molar-refractivity contribution in [1.82, 2.24) is 0 Å². The number of hydrogen-bond donors (Lipinski definition) is 1. The van der Waals surface area contributed by atoms with Gasteiger partial charge in [-0.3, -0.25) is 0 Å². The van der Waals surface area contributed by atoms with Crippen molar-refractivity contribution in [3.63, 3.8) is 0 Å². The molecule has 1 N–H and O–H groups in total. The standard InChI is InChI=1S/C46H92NO3/c1-6-8-10-12-14-16-18-20-22-24-26-28-30-32-34-39-43-49-45(3)46(47(4,5)41-37-36-38-42-48)50-44-40-35-33-31-29-27-25-23-21-19-17-15-13-11-9-7-2/h20-23,45-46,48H,6-19,24-44H2,1-5H3/q+1/b22-20-,23-21-. The van der Waals surface area contributed by atoms with Crippen LogP contribution in [0.3, 0.4) is 0 Å². The molecular weight excluding hydrogens is 615 g/mol. The summed E-state index contributed by atoms with van der Waals surface area (Å²) in [4.78, 5) is 0. The molecule has 0 heterocycles. The molecule has 2 atom stereocenters. The minimum absolute atomic E-state index is 0.0568. The first-order chi connectivity index (χ1) is 24.5. The molecule has 0 fully saturated rings. The lowest BCUT2D eigenvalue weighted by Gasteiger charge is -2.40. The maximum Gasteiger partial charge on any atom is 0.219 e. The van der Waals surface area contributed by atoms with Crippen LogP contribution in [-0.4, -0.2) is 62.4 Å². The third kappa shape index (κ3) is 34.4. The summed E-state index contributed by atoms with van der Waals surface area (Å²) in [5, 5.41) is 9.23. The highest BCUT2D eigenvalue weighted by Gasteiger charge is 2.34. The Morgan fingerprint density at radius 2 is 0.780 bits per heavy atom. The Morgan fingerprint density at radius 3 is 1.18 bits per heavy atom. The van der Waals surface area contributed by atoms with Crippen LogP contribution in [0, 0.1) is 0 Å². The Kier molecular flexibility index (Phi) is 39.0. The van der Waals surface area contributed by atoms with Gasteiger partial charge in [-0.25, -0.2) is 0 Å². The fourth-order valence-electron chi connectivity index (χ4n) is 7.10. The van der Waals surface area contributed by atoms with Gasteiger partial charge in [0.1, 0.15) is 6.10 Å². The first kappa shape index (κ1) is 49.3. The van der Waals surface area contributed by atoms with Crippen LogP contribution in [0.15, 0.2) is 24.3 Å². The number of allylic oxidation sites excluding steroid dienone is 4. The average Bonchev–Trinajstić information content (AvgIpc) is 3.10. The van der Waals surface area contributed by atoms with Gasteiger partial charge in [-0.05, 0) is 90.4 Å². The third-order valence-electron chi connectivity index (χ3n) is 10.5. The van der Waals surface area contributed by atoms with Crippen LogP contribution < -0.4 is 0 Å². The van der Waals surface area contributed by atoms with E-state index in [2.05, 4.69) is 59.2 Å². The lowest BCUT2D eigenvalue weighted by molar-refractivity contribution is -0.941. The Hall–Kier alpha value is -0.680. The van der Waals surface area contributed by atoms with Crippen molar-refractivity contribution in [2.75, 3.05) is 40.5 Å². The van der Waals surface area contributed by atoms with E-state index in [0.29, 0.717) is 6.61 Å². The molecule has 50 heavy (non-hydrogen) atoms. The summed E-state index contributed by atoms with van der Waals surface area (Å²) in [6.45, 7) is 9.81. The van der Waals surface area contributed by atoms with Gasteiger partial charge in [-0.15, -0.1) is 0 Å². The van der Waals surface area contributed by atoms with E-state index in [-0.39, 0.29) is 12.3 Å². The number of quaternary nitrogens is 1. The van der Waals surface area contributed by atoms with Gasteiger partial charge in [0, 0.05) is 13.2 Å². The highest BCUT2D eigenvalue weighted by molar-refractivity contribution is 4.82. The monoisotopic (exact) mass is 707 g/mol. The summed E-state index contributed by atoms with van der Waals surface area (Å²) in [7, 11) is 4.60. The van der Waals surface area contributed by atoms with E-state index >= 15 is 0 Å². The molecule has 0 saturated heterocycles. The van der Waals surface area contributed by atoms with Crippen molar-refractivity contribution in [2.45, 2.75) is 232 Å². The number of likely N-dealkylation sites (N-methyl/N-ethyl adjacent to an activating group) is 1. The van der Waals surface area contributed by atoms with Gasteiger partial charge in [0.2, 0.25) is 6.23 Å². The molecule has 0 saturated carbocycles. The van der Waals surface area contributed by atoms with Gasteiger partial charge in [0.15, 0.2) is 0 Å². The van der Waals surface area contributed by atoms with Crippen LogP contribution in [0.25, 0.3) is 0 Å². The SMILES string of the molecule is CCCCCCCC/C=C\CCCCCCCCOC(C)C(OCCCCCCCC/C=C\CCCCCCCC)[N+](C)(C)CCCCCO. The molecule has 0 rings (SSSR count). The number of ether oxygens (including phenoxy) is 2. The van der Waals surface area contributed by atoms with E-state index in [1.54, 1.807) is 0 Å². The lowest BCUT2D eigenvalue weighted by Crippen LogP contribution is -2.56. The van der Waals surface area contributed by atoms with Gasteiger partial charge in [-0.2, -0.15) is 0 Å². The fourth-order valence-corrected chi connectivity index (χ4v) is 7.10. The van der Waals surface area contributed by atoms with Gasteiger partial charge >= 0.3 is 0 Å². The average molecular weight is 707 g/mol. The Labute approximate surface area is 315 Å². The summed E-state index contributed by atoms with van der Waals surface area (Å²) in [5.74, 6) is 0. The summed E-state index contributed by atoms with van der Waals surface area (Å²) < 4.78 is 13.9. The van der Waals surface area contributed by atoms with Crippen LogP contribution in [0.5, 0.6) is 0 Å². The van der Waals surface area contributed by atoms with Crippen LogP contribution >= 0.6 is 0 Å². The van der Waals surface area contributed by atoms with Crippen LogP contribution in [0.4, 0.5) is 0 Å². The summed E-state index contributed by atoms with van der Waals surface area (Å²) in [6, 6.07) is 0. The van der Waals surface area contributed by atoms with Crippen molar-refractivity contribution in [3.8, 4) is 0 Å². The lowest BCUT2D eigenvalue weighted by atomic mass is 10.1. The minimum atomic E-state index is 0.0568. The van der Waals surface area contributed by atoms with Gasteiger partial charge in [-0.1, -0.05) is 154 Å². The first-order valence-corrected chi connectivity index (χ1v) is 22.5. The molecule has 0 aliphatic heterocycles. The zero-order chi connectivity index (χ0) is 36.6. The van der Waals surface area contributed by atoms with E-state index in [9.17, 15) is 5.11 Å².